The number of hydrogen-bond donors (Lipinski definition) is 1. The number of amides is 2. The Balaban J connectivity index is 1.79. The maximum atomic E-state index is 12.7. The molecule has 144 valence electrons. The van der Waals surface area contributed by atoms with Crippen molar-refractivity contribution in [3.8, 4) is 5.75 Å². The number of carbonyl (C=O) groups is 2. The van der Waals surface area contributed by atoms with Crippen LogP contribution in [0.5, 0.6) is 5.75 Å². The normalized spacial score (nSPS) is 13.5. The van der Waals surface area contributed by atoms with Crippen LogP contribution in [-0.4, -0.2) is 34.7 Å². The van der Waals surface area contributed by atoms with Gasteiger partial charge in [0.25, 0.3) is 5.91 Å². The summed E-state index contributed by atoms with van der Waals surface area (Å²) in [5.74, 6) is 0.792. The number of benzene rings is 1. The highest BCUT2D eigenvalue weighted by Crippen LogP contribution is 2.32. The standard InChI is InChI=1S/C20H26N4O3/c1-5-15(6-2)24-18(10-14(4)22-24)21-19(25)11-23-16-9-13(3)7-8-17(16)27-12-20(23)26/h7-10,15H,5-6,11-12H2,1-4H3,(H,21,25). The van der Waals surface area contributed by atoms with Gasteiger partial charge in [0.2, 0.25) is 5.91 Å². The lowest BCUT2D eigenvalue weighted by molar-refractivity contribution is -0.123. The lowest BCUT2D eigenvalue weighted by atomic mass is 10.1. The van der Waals surface area contributed by atoms with Crippen molar-refractivity contribution in [3.63, 3.8) is 0 Å². The fourth-order valence-electron chi connectivity index (χ4n) is 3.33. The van der Waals surface area contributed by atoms with Gasteiger partial charge in [0, 0.05) is 6.07 Å². The molecule has 2 heterocycles. The highest BCUT2D eigenvalue weighted by molar-refractivity contribution is 6.04. The van der Waals surface area contributed by atoms with E-state index >= 15 is 0 Å². The Morgan fingerprint density at radius 1 is 1.26 bits per heavy atom. The van der Waals surface area contributed by atoms with Crippen LogP contribution >= 0.6 is 0 Å². The second kappa shape index (κ2) is 7.82. The number of aromatic nitrogens is 2. The Kier molecular flexibility index (Phi) is 5.48. The number of rotatable bonds is 6. The van der Waals surface area contributed by atoms with Crippen molar-refractivity contribution >= 4 is 23.3 Å². The first-order valence-corrected chi connectivity index (χ1v) is 9.32. The van der Waals surface area contributed by atoms with Crippen LogP contribution in [0, 0.1) is 13.8 Å². The molecule has 0 saturated carbocycles. The van der Waals surface area contributed by atoms with Gasteiger partial charge in [0.05, 0.1) is 17.4 Å². The lowest BCUT2D eigenvalue weighted by Gasteiger charge is -2.29. The van der Waals surface area contributed by atoms with Crippen LogP contribution in [-0.2, 0) is 9.59 Å². The number of hydrogen-bond acceptors (Lipinski definition) is 4. The van der Waals surface area contributed by atoms with Crippen LogP contribution in [0.1, 0.15) is 44.0 Å². The fourth-order valence-corrected chi connectivity index (χ4v) is 3.33. The summed E-state index contributed by atoms with van der Waals surface area (Å²) >= 11 is 0. The minimum absolute atomic E-state index is 0.0614. The Bertz CT molecular complexity index is 855. The summed E-state index contributed by atoms with van der Waals surface area (Å²) in [5.41, 5.74) is 2.48. The molecule has 0 aliphatic carbocycles. The molecule has 1 aromatic heterocycles. The van der Waals surface area contributed by atoms with Gasteiger partial charge >= 0.3 is 0 Å². The molecule has 1 aliphatic rings. The minimum Gasteiger partial charge on any atom is -0.482 e. The molecular formula is C20H26N4O3. The van der Waals surface area contributed by atoms with Gasteiger partial charge in [0.1, 0.15) is 18.1 Å². The molecule has 0 fully saturated rings. The van der Waals surface area contributed by atoms with Crippen molar-refractivity contribution in [3.05, 3.63) is 35.5 Å². The molecule has 0 bridgehead atoms. The molecule has 1 N–H and O–H groups in total. The summed E-state index contributed by atoms with van der Waals surface area (Å²) in [5, 5.41) is 7.44. The summed E-state index contributed by atoms with van der Waals surface area (Å²) < 4.78 is 7.33. The van der Waals surface area contributed by atoms with Gasteiger partial charge < -0.3 is 10.1 Å². The largest absolute Gasteiger partial charge is 0.482 e. The monoisotopic (exact) mass is 370 g/mol. The molecule has 7 heteroatoms. The van der Waals surface area contributed by atoms with Crippen LogP contribution in [0.4, 0.5) is 11.5 Å². The smallest absolute Gasteiger partial charge is 0.265 e. The predicted molar refractivity (Wildman–Crippen MR) is 104 cm³/mol. The van der Waals surface area contributed by atoms with Crippen molar-refractivity contribution in [2.75, 3.05) is 23.4 Å². The van der Waals surface area contributed by atoms with Gasteiger partial charge in [-0.2, -0.15) is 5.10 Å². The van der Waals surface area contributed by atoms with Crippen LogP contribution in [0.25, 0.3) is 0 Å². The molecule has 0 radical (unpaired) electrons. The van der Waals surface area contributed by atoms with Gasteiger partial charge in [-0.25, -0.2) is 4.68 Å². The summed E-state index contributed by atoms with van der Waals surface area (Å²) in [6.45, 7) is 7.92. The summed E-state index contributed by atoms with van der Waals surface area (Å²) in [4.78, 5) is 26.5. The van der Waals surface area contributed by atoms with Crippen molar-refractivity contribution in [1.29, 1.82) is 0 Å². The maximum absolute atomic E-state index is 12.7. The number of fused-ring (bicyclic) bond motifs is 1. The molecule has 1 aromatic carbocycles. The van der Waals surface area contributed by atoms with Gasteiger partial charge in [-0.05, 0) is 44.4 Å². The first-order valence-electron chi connectivity index (χ1n) is 9.32. The topological polar surface area (TPSA) is 76.5 Å². The van der Waals surface area contributed by atoms with Crippen LogP contribution < -0.4 is 15.0 Å². The second-order valence-corrected chi connectivity index (χ2v) is 6.87. The van der Waals surface area contributed by atoms with Gasteiger partial charge in [-0.3, -0.25) is 14.5 Å². The molecule has 2 amide bonds. The van der Waals surface area contributed by atoms with Gasteiger partial charge in [-0.15, -0.1) is 0 Å². The Morgan fingerprint density at radius 3 is 2.70 bits per heavy atom. The zero-order valence-electron chi connectivity index (χ0n) is 16.3. The maximum Gasteiger partial charge on any atom is 0.265 e. The SMILES string of the molecule is CCC(CC)n1nc(C)cc1NC(=O)CN1C(=O)COc2ccc(C)cc21. The summed E-state index contributed by atoms with van der Waals surface area (Å²) in [6.07, 6.45) is 1.85. The number of nitrogens with zero attached hydrogens (tertiary/aromatic N) is 3. The average Bonchev–Trinajstić information content (AvgIpc) is 2.98. The Morgan fingerprint density at radius 2 is 2.00 bits per heavy atom. The zero-order chi connectivity index (χ0) is 19.6. The molecule has 0 atom stereocenters. The molecule has 1 aliphatic heterocycles. The van der Waals surface area contributed by atoms with E-state index in [0.29, 0.717) is 17.3 Å². The first-order chi connectivity index (χ1) is 12.9. The molecule has 0 unspecified atom stereocenters. The number of ether oxygens (including phenoxy) is 1. The van der Waals surface area contributed by atoms with Gasteiger partial charge in [-0.1, -0.05) is 19.9 Å². The number of nitrogens with one attached hydrogen (secondary N) is 1. The third kappa shape index (κ3) is 3.97. The minimum atomic E-state index is -0.259. The van der Waals surface area contributed by atoms with E-state index in [0.717, 1.165) is 24.1 Å². The number of aryl methyl sites for hydroxylation is 2. The Hall–Kier alpha value is -2.83. The summed E-state index contributed by atoms with van der Waals surface area (Å²) in [7, 11) is 0. The molecule has 0 spiro atoms. The van der Waals surface area contributed by atoms with E-state index < -0.39 is 0 Å². The van der Waals surface area contributed by atoms with E-state index in [4.69, 9.17) is 4.74 Å². The second-order valence-electron chi connectivity index (χ2n) is 6.87. The van der Waals surface area contributed by atoms with E-state index in [1.807, 2.05) is 42.8 Å². The van der Waals surface area contributed by atoms with Crippen LogP contribution in [0.3, 0.4) is 0 Å². The highest BCUT2D eigenvalue weighted by atomic mass is 16.5. The van der Waals surface area contributed by atoms with E-state index in [-0.39, 0.29) is 31.0 Å². The van der Waals surface area contributed by atoms with Crippen molar-refractivity contribution < 1.29 is 14.3 Å². The Labute approximate surface area is 159 Å². The molecule has 0 saturated heterocycles. The molecule has 2 aromatic rings. The molecular weight excluding hydrogens is 344 g/mol. The third-order valence-corrected chi connectivity index (χ3v) is 4.77. The molecule has 3 rings (SSSR count). The van der Waals surface area contributed by atoms with Crippen molar-refractivity contribution in [2.45, 2.75) is 46.6 Å². The lowest BCUT2D eigenvalue weighted by Crippen LogP contribution is -2.43. The van der Waals surface area contributed by atoms with Crippen molar-refractivity contribution in [1.82, 2.24) is 9.78 Å². The third-order valence-electron chi connectivity index (χ3n) is 4.77. The number of carbonyl (C=O) groups excluding carboxylic acids is 2. The van der Waals surface area contributed by atoms with E-state index in [9.17, 15) is 9.59 Å². The van der Waals surface area contributed by atoms with Crippen molar-refractivity contribution in [2.24, 2.45) is 0 Å². The van der Waals surface area contributed by atoms with Gasteiger partial charge in [0.15, 0.2) is 6.61 Å². The molecule has 27 heavy (non-hydrogen) atoms. The zero-order valence-corrected chi connectivity index (χ0v) is 16.3. The quantitative estimate of drug-likeness (QED) is 0.847. The van der Waals surface area contributed by atoms with Crippen LogP contribution in [0.2, 0.25) is 0 Å². The van der Waals surface area contributed by atoms with E-state index in [2.05, 4.69) is 24.3 Å². The molecule has 7 nitrogen and oxygen atoms in total. The fraction of sp³-hybridized carbons (Fsp3) is 0.450. The highest BCUT2D eigenvalue weighted by Gasteiger charge is 2.28. The first kappa shape index (κ1) is 18.9. The number of anilines is 2. The summed E-state index contributed by atoms with van der Waals surface area (Å²) in [6, 6.07) is 7.69. The average molecular weight is 370 g/mol. The van der Waals surface area contributed by atoms with Crippen LogP contribution in [0.15, 0.2) is 24.3 Å². The van der Waals surface area contributed by atoms with E-state index in [1.54, 1.807) is 0 Å². The van der Waals surface area contributed by atoms with E-state index in [1.165, 1.54) is 4.90 Å². The predicted octanol–water partition coefficient (Wildman–Crippen LogP) is 3.23.